The van der Waals surface area contributed by atoms with E-state index in [9.17, 15) is 4.79 Å². The molecule has 1 fully saturated rings. The van der Waals surface area contributed by atoms with Gasteiger partial charge in [0.25, 0.3) is 0 Å². The van der Waals surface area contributed by atoms with E-state index in [1.165, 1.54) is 31.9 Å². The van der Waals surface area contributed by atoms with E-state index < -0.39 is 0 Å². The summed E-state index contributed by atoms with van der Waals surface area (Å²) in [5.41, 5.74) is 2.50. The van der Waals surface area contributed by atoms with Crippen molar-refractivity contribution in [1.82, 2.24) is 14.8 Å². The molecule has 1 unspecified atom stereocenters. The first-order valence-electron chi connectivity index (χ1n) is 10.4. The van der Waals surface area contributed by atoms with Crippen LogP contribution in [0.15, 0.2) is 48.8 Å². The zero-order chi connectivity index (χ0) is 19.8. The second-order valence-electron chi connectivity index (χ2n) is 7.74. The lowest BCUT2D eigenvalue weighted by Gasteiger charge is -2.32. The van der Waals surface area contributed by atoms with Gasteiger partial charge in [0.1, 0.15) is 6.04 Å². The summed E-state index contributed by atoms with van der Waals surface area (Å²) in [7, 11) is 3.67. The molecule has 5 heteroatoms. The number of hydrogen-bond acceptors (Lipinski definition) is 4. The molecule has 1 aromatic carbocycles. The highest BCUT2D eigenvalue weighted by molar-refractivity contribution is 5.74. The van der Waals surface area contributed by atoms with Crippen LogP contribution in [0, 0.1) is 0 Å². The predicted molar refractivity (Wildman–Crippen MR) is 112 cm³/mol. The highest BCUT2D eigenvalue weighted by Gasteiger charge is 2.21. The molecule has 2 heterocycles. The van der Waals surface area contributed by atoms with Crippen LogP contribution in [0.25, 0.3) is 0 Å². The second kappa shape index (κ2) is 10.4. The van der Waals surface area contributed by atoms with E-state index in [4.69, 9.17) is 4.74 Å². The third kappa shape index (κ3) is 5.69. The molecule has 0 saturated carbocycles. The first-order chi connectivity index (χ1) is 13.7. The van der Waals surface area contributed by atoms with Crippen LogP contribution in [0.2, 0.25) is 0 Å². The Bertz CT molecular complexity index is 706. The van der Waals surface area contributed by atoms with Gasteiger partial charge in [0.2, 0.25) is 0 Å². The summed E-state index contributed by atoms with van der Waals surface area (Å²) < 4.78 is 6.90. The van der Waals surface area contributed by atoms with E-state index >= 15 is 0 Å². The Hall–Kier alpha value is -2.11. The summed E-state index contributed by atoms with van der Waals surface area (Å²) in [6.07, 6.45) is 11.1. The molecule has 3 rings (SSSR count). The number of benzene rings is 1. The number of nitrogens with zero attached hydrogens (tertiary/aromatic N) is 2. The molecule has 0 spiro atoms. The predicted octanol–water partition coefficient (Wildman–Crippen LogP) is 3.41. The van der Waals surface area contributed by atoms with Gasteiger partial charge in [-0.2, -0.15) is 0 Å². The van der Waals surface area contributed by atoms with Gasteiger partial charge in [-0.15, -0.1) is 0 Å². The Labute approximate surface area is 168 Å². The maximum absolute atomic E-state index is 12.2. The highest BCUT2D eigenvalue weighted by Crippen LogP contribution is 2.18. The van der Waals surface area contributed by atoms with Crippen molar-refractivity contribution in [2.45, 2.75) is 50.7 Å². The first-order valence-corrected chi connectivity index (χ1v) is 10.4. The third-order valence-electron chi connectivity index (χ3n) is 5.71. The zero-order valence-electron chi connectivity index (χ0n) is 17.1. The van der Waals surface area contributed by atoms with Crippen LogP contribution >= 0.6 is 0 Å². The number of aromatic nitrogens is 1. The zero-order valence-corrected chi connectivity index (χ0v) is 17.1. The lowest BCUT2D eigenvalue weighted by molar-refractivity contribution is -0.144. The summed E-state index contributed by atoms with van der Waals surface area (Å²) in [6, 6.07) is 12.2. The molecule has 1 aromatic heterocycles. The Morgan fingerprint density at radius 2 is 1.93 bits per heavy atom. The van der Waals surface area contributed by atoms with Gasteiger partial charge < -0.3 is 14.6 Å². The molecule has 0 amide bonds. The minimum atomic E-state index is -0.317. The molecule has 0 radical (unpaired) electrons. The molecule has 1 aliphatic rings. The fourth-order valence-electron chi connectivity index (χ4n) is 3.97. The number of methoxy groups -OCH3 is 1. The van der Waals surface area contributed by atoms with Crippen molar-refractivity contribution in [2.75, 3.05) is 27.2 Å². The summed E-state index contributed by atoms with van der Waals surface area (Å²) in [5.74, 6) is -0.209. The monoisotopic (exact) mass is 383 g/mol. The van der Waals surface area contributed by atoms with Crippen molar-refractivity contribution in [3.8, 4) is 0 Å². The van der Waals surface area contributed by atoms with Crippen LogP contribution in [0.3, 0.4) is 0 Å². The van der Waals surface area contributed by atoms with Gasteiger partial charge in [0.05, 0.1) is 13.3 Å². The largest absolute Gasteiger partial charge is 0.467 e. The molecular weight excluding hydrogens is 350 g/mol. The van der Waals surface area contributed by atoms with E-state index in [1.807, 2.05) is 29.1 Å². The van der Waals surface area contributed by atoms with Gasteiger partial charge in [-0.25, -0.2) is 4.79 Å². The number of hydrogen-bond donors (Lipinski definition) is 1. The van der Waals surface area contributed by atoms with Crippen molar-refractivity contribution >= 4 is 5.97 Å². The van der Waals surface area contributed by atoms with Gasteiger partial charge in [0, 0.05) is 18.8 Å². The summed E-state index contributed by atoms with van der Waals surface area (Å²) >= 11 is 0. The topological polar surface area (TPSA) is 46.5 Å². The minimum absolute atomic E-state index is 0.209. The molecule has 0 bridgehead atoms. The Kier molecular flexibility index (Phi) is 7.69. The van der Waals surface area contributed by atoms with Gasteiger partial charge in [0.15, 0.2) is 0 Å². The van der Waals surface area contributed by atoms with Crippen LogP contribution in [0.4, 0.5) is 0 Å². The summed E-state index contributed by atoms with van der Waals surface area (Å²) in [5, 5.41) is 3.60. The van der Waals surface area contributed by atoms with Crippen LogP contribution in [0.5, 0.6) is 0 Å². The van der Waals surface area contributed by atoms with E-state index in [2.05, 4.69) is 41.5 Å². The molecular formula is C23H33N3O2. The summed E-state index contributed by atoms with van der Waals surface area (Å²) in [6.45, 7) is 2.25. The Morgan fingerprint density at radius 3 is 2.57 bits per heavy atom. The SMILES string of the molecule is COC(=O)[C@H](Cc1ccc(CCCN(C)C2CCCCN2)cc1)n1cccc1. The van der Waals surface area contributed by atoms with Crippen LogP contribution in [0.1, 0.15) is 42.9 Å². The van der Waals surface area contributed by atoms with Gasteiger partial charge in [-0.3, -0.25) is 4.90 Å². The van der Waals surface area contributed by atoms with E-state index in [0.717, 1.165) is 31.5 Å². The molecule has 1 saturated heterocycles. The number of piperidine rings is 1. The van der Waals surface area contributed by atoms with E-state index in [-0.39, 0.29) is 12.0 Å². The van der Waals surface area contributed by atoms with E-state index in [1.54, 1.807) is 0 Å². The number of ether oxygens (including phenoxy) is 1. The average molecular weight is 384 g/mol. The lowest BCUT2D eigenvalue weighted by Crippen LogP contribution is -2.46. The average Bonchev–Trinajstić information content (AvgIpc) is 3.27. The first kappa shape index (κ1) is 20.6. The second-order valence-corrected chi connectivity index (χ2v) is 7.74. The molecule has 152 valence electrons. The van der Waals surface area contributed by atoms with Crippen molar-refractivity contribution in [3.05, 3.63) is 59.9 Å². The number of esters is 1. The molecule has 28 heavy (non-hydrogen) atoms. The molecule has 0 aliphatic carbocycles. The maximum Gasteiger partial charge on any atom is 0.329 e. The van der Waals surface area contributed by atoms with Gasteiger partial charge in [-0.05, 0) is 75.5 Å². The van der Waals surface area contributed by atoms with Gasteiger partial charge in [-0.1, -0.05) is 24.3 Å². The Balaban J connectivity index is 1.49. The molecule has 2 atom stereocenters. The standard InChI is InChI=1S/C23H33N3O2/c1-25(22-9-3-4-14-24-22)15-7-8-19-10-12-20(13-11-19)18-21(23(27)28-2)26-16-5-6-17-26/h5-6,10-13,16-17,21-22,24H,3-4,7-9,14-15,18H2,1-2H3/t21-,22?/m0/s1. The number of rotatable bonds is 9. The van der Waals surface area contributed by atoms with Gasteiger partial charge >= 0.3 is 5.97 Å². The Morgan fingerprint density at radius 1 is 1.21 bits per heavy atom. The fraction of sp³-hybridized carbons (Fsp3) is 0.522. The molecule has 1 aliphatic heterocycles. The number of carbonyl (C=O) groups excluding carboxylic acids is 1. The summed E-state index contributed by atoms with van der Waals surface area (Å²) in [4.78, 5) is 14.6. The van der Waals surface area contributed by atoms with Crippen LogP contribution in [-0.2, 0) is 22.4 Å². The normalized spacial score (nSPS) is 18.2. The quantitative estimate of drug-likeness (QED) is 0.674. The number of nitrogens with one attached hydrogen (secondary N) is 1. The van der Waals surface area contributed by atoms with Crippen LogP contribution in [-0.4, -0.2) is 48.8 Å². The molecule has 2 aromatic rings. The lowest BCUT2D eigenvalue weighted by atomic mass is 10.0. The van der Waals surface area contributed by atoms with Crippen molar-refractivity contribution in [3.63, 3.8) is 0 Å². The third-order valence-corrected chi connectivity index (χ3v) is 5.71. The van der Waals surface area contributed by atoms with Crippen molar-refractivity contribution in [1.29, 1.82) is 0 Å². The van der Waals surface area contributed by atoms with Crippen molar-refractivity contribution < 1.29 is 9.53 Å². The number of carbonyl (C=O) groups is 1. The van der Waals surface area contributed by atoms with Crippen molar-refractivity contribution in [2.24, 2.45) is 0 Å². The van der Waals surface area contributed by atoms with E-state index in [0.29, 0.717) is 12.6 Å². The number of aryl methyl sites for hydroxylation is 1. The fourth-order valence-corrected chi connectivity index (χ4v) is 3.97. The maximum atomic E-state index is 12.2. The highest BCUT2D eigenvalue weighted by atomic mass is 16.5. The smallest absolute Gasteiger partial charge is 0.329 e. The molecule has 1 N–H and O–H groups in total. The molecule has 5 nitrogen and oxygen atoms in total. The minimum Gasteiger partial charge on any atom is -0.467 e. The van der Waals surface area contributed by atoms with Crippen LogP contribution < -0.4 is 5.32 Å².